The number of nitrogens with one attached hydrogen (secondary N) is 1. The van der Waals surface area contributed by atoms with Crippen molar-refractivity contribution < 1.29 is 0 Å². The first kappa shape index (κ1) is 10.1. The molecule has 1 N–H and O–H groups in total. The summed E-state index contributed by atoms with van der Waals surface area (Å²) >= 11 is 0. The van der Waals surface area contributed by atoms with Gasteiger partial charge in [-0.3, -0.25) is 4.79 Å². The summed E-state index contributed by atoms with van der Waals surface area (Å²) in [5.41, 5.74) is 3.93. The van der Waals surface area contributed by atoms with Crippen LogP contribution in [0.4, 0.5) is 0 Å². The van der Waals surface area contributed by atoms with Gasteiger partial charge in [-0.05, 0) is 50.8 Å². The molecule has 0 radical (unpaired) electrons. The van der Waals surface area contributed by atoms with E-state index in [0.717, 1.165) is 18.4 Å². The molecule has 3 nitrogen and oxygen atoms in total. The molecule has 2 aliphatic carbocycles. The van der Waals surface area contributed by atoms with Crippen LogP contribution in [0.5, 0.6) is 0 Å². The van der Waals surface area contributed by atoms with Crippen LogP contribution in [-0.2, 0) is 19.4 Å². The molecular formula is C13H18N2O. The van der Waals surface area contributed by atoms with E-state index in [1.54, 1.807) is 0 Å². The molecule has 0 aromatic carbocycles. The first-order valence-corrected chi connectivity index (χ1v) is 6.22. The van der Waals surface area contributed by atoms with E-state index >= 15 is 0 Å². The first-order chi connectivity index (χ1) is 7.81. The third kappa shape index (κ3) is 1.50. The second-order valence-electron chi connectivity index (χ2n) is 4.93. The third-order valence-electron chi connectivity index (χ3n) is 3.64. The number of nitrogens with zero attached hydrogens (tertiary/aromatic N) is 1. The van der Waals surface area contributed by atoms with Gasteiger partial charge in [0.1, 0.15) is 0 Å². The van der Waals surface area contributed by atoms with E-state index in [2.05, 4.69) is 16.0 Å². The Kier molecular flexibility index (Phi) is 2.36. The number of aryl methyl sites for hydroxylation is 1. The van der Waals surface area contributed by atoms with Gasteiger partial charge in [-0.1, -0.05) is 0 Å². The topological polar surface area (TPSA) is 34.0 Å². The fraction of sp³-hybridized carbons (Fsp3) is 0.615. The number of pyridine rings is 1. The lowest BCUT2D eigenvalue weighted by Crippen LogP contribution is -2.28. The molecule has 0 spiro atoms. The summed E-state index contributed by atoms with van der Waals surface area (Å²) in [7, 11) is 1.90. The van der Waals surface area contributed by atoms with E-state index in [4.69, 9.17) is 0 Å². The Bertz CT molecular complexity index is 472. The molecule has 16 heavy (non-hydrogen) atoms. The minimum Gasteiger partial charge on any atom is -0.315 e. The van der Waals surface area contributed by atoms with Crippen LogP contribution in [0, 0.1) is 0 Å². The summed E-state index contributed by atoms with van der Waals surface area (Å²) in [4.78, 5) is 12.3. The summed E-state index contributed by atoms with van der Waals surface area (Å²) in [6.45, 7) is 0.693. The maximum atomic E-state index is 12.3. The van der Waals surface area contributed by atoms with Gasteiger partial charge in [-0.15, -0.1) is 0 Å². The van der Waals surface area contributed by atoms with E-state index in [0.29, 0.717) is 12.6 Å². The maximum Gasteiger partial charge on any atom is 0.255 e. The van der Waals surface area contributed by atoms with Crippen LogP contribution < -0.4 is 10.9 Å². The smallest absolute Gasteiger partial charge is 0.255 e. The monoisotopic (exact) mass is 218 g/mol. The SMILES string of the molecule is CNCc1cc2c(n(C3CC3)c1=O)CCC2. The van der Waals surface area contributed by atoms with E-state index in [-0.39, 0.29) is 5.56 Å². The van der Waals surface area contributed by atoms with E-state index in [1.165, 1.54) is 30.5 Å². The van der Waals surface area contributed by atoms with Crippen molar-refractivity contribution in [1.29, 1.82) is 0 Å². The fourth-order valence-corrected chi connectivity index (χ4v) is 2.77. The van der Waals surface area contributed by atoms with E-state index < -0.39 is 0 Å². The zero-order valence-corrected chi connectivity index (χ0v) is 9.75. The van der Waals surface area contributed by atoms with Gasteiger partial charge in [0.25, 0.3) is 5.56 Å². The third-order valence-corrected chi connectivity index (χ3v) is 3.64. The number of hydrogen-bond acceptors (Lipinski definition) is 2. The van der Waals surface area contributed by atoms with E-state index in [1.807, 2.05) is 7.05 Å². The second-order valence-corrected chi connectivity index (χ2v) is 4.93. The number of fused-ring (bicyclic) bond motifs is 1. The number of rotatable bonds is 3. The molecule has 0 unspecified atom stereocenters. The lowest BCUT2D eigenvalue weighted by Gasteiger charge is -2.13. The molecule has 0 bridgehead atoms. The van der Waals surface area contributed by atoms with Gasteiger partial charge in [0.2, 0.25) is 0 Å². The highest BCUT2D eigenvalue weighted by Gasteiger charge is 2.30. The molecule has 86 valence electrons. The highest BCUT2D eigenvalue weighted by molar-refractivity contribution is 5.31. The normalized spacial score (nSPS) is 18.8. The van der Waals surface area contributed by atoms with Gasteiger partial charge in [0.15, 0.2) is 0 Å². The lowest BCUT2D eigenvalue weighted by atomic mass is 10.1. The van der Waals surface area contributed by atoms with Crippen LogP contribution in [0.15, 0.2) is 10.9 Å². The standard InChI is InChI=1S/C13H18N2O/c1-14-8-10-7-9-3-2-4-12(9)15(13(10)16)11-5-6-11/h7,11,14H,2-6,8H2,1H3. The second kappa shape index (κ2) is 3.74. The molecule has 1 heterocycles. The molecule has 2 aliphatic rings. The van der Waals surface area contributed by atoms with Crippen LogP contribution in [0.1, 0.15) is 42.1 Å². The van der Waals surface area contributed by atoms with Gasteiger partial charge in [-0.2, -0.15) is 0 Å². The van der Waals surface area contributed by atoms with Crippen LogP contribution in [0.3, 0.4) is 0 Å². The van der Waals surface area contributed by atoms with Crippen LogP contribution >= 0.6 is 0 Å². The Balaban J connectivity index is 2.16. The van der Waals surface area contributed by atoms with Crippen molar-refractivity contribution in [2.75, 3.05) is 7.05 Å². The quantitative estimate of drug-likeness (QED) is 0.832. The fourth-order valence-electron chi connectivity index (χ4n) is 2.77. The zero-order valence-electron chi connectivity index (χ0n) is 9.75. The molecule has 3 heteroatoms. The Morgan fingerprint density at radius 2 is 2.25 bits per heavy atom. The molecule has 0 amide bonds. The molecule has 1 aromatic rings. The average Bonchev–Trinajstić information content (AvgIpc) is 2.99. The van der Waals surface area contributed by atoms with Crippen LogP contribution in [0.2, 0.25) is 0 Å². The van der Waals surface area contributed by atoms with Crippen molar-refractivity contribution >= 4 is 0 Å². The first-order valence-electron chi connectivity index (χ1n) is 6.22. The number of aromatic nitrogens is 1. The van der Waals surface area contributed by atoms with E-state index in [9.17, 15) is 4.79 Å². The molecule has 1 saturated carbocycles. The lowest BCUT2D eigenvalue weighted by molar-refractivity contribution is 0.648. The minimum absolute atomic E-state index is 0.248. The molecule has 3 rings (SSSR count). The van der Waals surface area contributed by atoms with Gasteiger partial charge in [-0.25, -0.2) is 0 Å². The summed E-state index contributed by atoms with van der Waals surface area (Å²) in [5.74, 6) is 0. The van der Waals surface area contributed by atoms with Crippen LogP contribution in [0.25, 0.3) is 0 Å². The molecule has 0 atom stereocenters. The molecule has 1 aromatic heterocycles. The largest absolute Gasteiger partial charge is 0.315 e. The summed E-state index contributed by atoms with van der Waals surface area (Å²) in [6, 6.07) is 2.64. The summed E-state index contributed by atoms with van der Waals surface area (Å²) in [5, 5.41) is 3.09. The van der Waals surface area contributed by atoms with Gasteiger partial charge in [0, 0.05) is 23.8 Å². The van der Waals surface area contributed by atoms with Crippen molar-refractivity contribution in [2.24, 2.45) is 0 Å². The van der Waals surface area contributed by atoms with Gasteiger partial charge >= 0.3 is 0 Å². The Morgan fingerprint density at radius 3 is 2.94 bits per heavy atom. The van der Waals surface area contributed by atoms with Gasteiger partial charge in [0.05, 0.1) is 0 Å². The predicted octanol–water partition coefficient (Wildman–Crippen LogP) is 1.39. The number of hydrogen-bond donors (Lipinski definition) is 1. The molecular weight excluding hydrogens is 200 g/mol. The van der Waals surface area contributed by atoms with Crippen molar-refractivity contribution in [3.63, 3.8) is 0 Å². The average molecular weight is 218 g/mol. The van der Waals surface area contributed by atoms with Gasteiger partial charge < -0.3 is 9.88 Å². The summed E-state index contributed by atoms with van der Waals surface area (Å²) in [6.07, 6.45) is 5.84. The molecule has 0 saturated heterocycles. The Morgan fingerprint density at radius 1 is 1.44 bits per heavy atom. The summed E-state index contributed by atoms with van der Waals surface area (Å²) < 4.78 is 2.09. The maximum absolute atomic E-state index is 12.3. The van der Waals surface area contributed by atoms with Crippen molar-refractivity contribution in [2.45, 2.75) is 44.7 Å². The zero-order chi connectivity index (χ0) is 11.1. The van der Waals surface area contributed by atoms with Crippen molar-refractivity contribution in [3.8, 4) is 0 Å². The van der Waals surface area contributed by atoms with Crippen LogP contribution in [-0.4, -0.2) is 11.6 Å². The Hall–Kier alpha value is -1.09. The van der Waals surface area contributed by atoms with Crippen molar-refractivity contribution in [1.82, 2.24) is 9.88 Å². The van der Waals surface area contributed by atoms with Crippen molar-refractivity contribution in [3.05, 3.63) is 33.2 Å². The predicted molar refractivity (Wildman–Crippen MR) is 63.8 cm³/mol. The highest BCUT2D eigenvalue weighted by atomic mass is 16.1. The minimum atomic E-state index is 0.248. The Labute approximate surface area is 95.5 Å². The highest BCUT2D eigenvalue weighted by Crippen LogP contribution is 2.37. The molecule has 0 aliphatic heterocycles. The molecule has 1 fully saturated rings.